The summed E-state index contributed by atoms with van der Waals surface area (Å²) in [6, 6.07) is 0. The molecule has 0 radical (unpaired) electrons. The van der Waals surface area contributed by atoms with E-state index in [1.54, 1.807) is 0 Å². The molecule has 0 amide bonds. The van der Waals surface area contributed by atoms with Crippen molar-refractivity contribution in [2.75, 3.05) is 13.2 Å². The third-order valence-corrected chi connectivity index (χ3v) is 6.04. The largest absolute Gasteiger partial charge is 0.478 e. The summed E-state index contributed by atoms with van der Waals surface area (Å²) in [4.78, 5) is 19.2. The van der Waals surface area contributed by atoms with E-state index in [4.69, 9.17) is 20.4 Å². The maximum Gasteiger partial charge on any atom is 0.330 e. The number of hydrogen-bond acceptors (Lipinski definition) is 4. The van der Waals surface area contributed by atoms with Crippen LogP contribution in [-0.2, 0) is 9.59 Å². The zero-order chi connectivity index (χ0) is 30.6. The molecule has 0 heterocycles. The molecule has 0 saturated heterocycles. The van der Waals surface area contributed by atoms with Gasteiger partial charge in [0.1, 0.15) is 0 Å². The third-order valence-electron chi connectivity index (χ3n) is 6.04. The molecule has 39 heavy (non-hydrogen) atoms. The number of carboxylic acid groups (broad SMARTS) is 2. The standard InChI is InChI=1S/C23H48.2C4H6O2.C2H6O2/c1-3-5-7-9-11-13-15-17-19-21-23-22-20-18-16-14-12-10-8-6-4-2;2*1-3(2)4(5)6;3-1-2-4/h3-23H2,1-2H3;2*1H2,2H3,(H,5,6);3-4H,1-2H2. The summed E-state index contributed by atoms with van der Waals surface area (Å²) in [5.74, 6) is -1.87. The van der Waals surface area contributed by atoms with Crippen LogP contribution < -0.4 is 0 Å². The van der Waals surface area contributed by atoms with Gasteiger partial charge in [0, 0.05) is 11.1 Å². The summed E-state index contributed by atoms with van der Waals surface area (Å²) >= 11 is 0. The van der Waals surface area contributed by atoms with Gasteiger partial charge in [-0.15, -0.1) is 0 Å². The van der Waals surface area contributed by atoms with Gasteiger partial charge < -0.3 is 20.4 Å². The van der Waals surface area contributed by atoms with Crippen LogP contribution in [0.25, 0.3) is 0 Å². The van der Waals surface area contributed by atoms with E-state index in [2.05, 4.69) is 27.0 Å². The number of carbonyl (C=O) groups is 2. The highest BCUT2D eigenvalue weighted by molar-refractivity contribution is 5.85. The molecule has 4 N–H and O–H groups in total. The number of hydrogen-bond donors (Lipinski definition) is 4. The lowest BCUT2D eigenvalue weighted by Gasteiger charge is -2.04. The van der Waals surface area contributed by atoms with Gasteiger partial charge >= 0.3 is 11.9 Å². The van der Waals surface area contributed by atoms with Crippen LogP contribution in [0.15, 0.2) is 24.3 Å². The summed E-state index contributed by atoms with van der Waals surface area (Å²) < 4.78 is 0. The molecule has 6 heteroatoms. The Kier molecular flexibility index (Phi) is 46.4. The highest BCUT2D eigenvalue weighted by Gasteiger charge is 1.95. The van der Waals surface area contributed by atoms with Crippen molar-refractivity contribution in [2.24, 2.45) is 0 Å². The minimum absolute atomic E-state index is 0.125. The predicted molar refractivity (Wildman–Crippen MR) is 167 cm³/mol. The van der Waals surface area contributed by atoms with Gasteiger partial charge in [-0.25, -0.2) is 9.59 Å². The zero-order valence-electron chi connectivity index (χ0n) is 26.3. The molecule has 0 unspecified atom stereocenters. The minimum atomic E-state index is -0.935. The first kappa shape index (κ1) is 44.4. The Bertz CT molecular complexity index is 460. The fraction of sp³-hybridized carbons (Fsp3) is 0.818. The number of aliphatic hydroxyl groups excluding tert-OH is 2. The van der Waals surface area contributed by atoms with E-state index < -0.39 is 11.9 Å². The summed E-state index contributed by atoms with van der Waals surface area (Å²) in [5.41, 5.74) is 0.352. The number of aliphatic hydroxyl groups is 2. The number of aliphatic carboxylic acids is 2. The smallest absolute Gasteiger partial charge is 0.330 e. The molecule has 0 bridgehead atoms. The number of carboxylic acids is 2. The summed E-state index contributed by atoms with van der Waals surface area (Å²) in [6.45, 7) is 13.6. The normalized spacial score (nSPS) is 9.69. The molecular weight excluding hydrogens is 492 g/mol. The van der Waals surface area contributed by atoms with E-state index in [-0.39, 0.29) is 24.4 Å². The van der Waals surface area contributed by atoms with E-state index >= 15 is 0 Å². The molecule has 0 aromatic rings. The molecule has 0 spiro atoms. The second-order valence-electron chi connectivity index (χ2n) is 10.3. The number of rotatable bonds is 23. The van der Waals surface area contributed by atoms with Crippen molar-refractivity contribution in [1.82, 2.24) is 0 Å². The predicted octanol–water partition coefficient (Wildman–Crippen LogP) is 9.48. The average Bonchev–Trinajstić information content (AvgIpc) is 2.90. The van der Waals surface area contributed by atoms with Crippen LogP contribution in [-0.4, -0.2) is 45.6 Å². The van der Waals surface area contributed by atoms with Gasteiger partial charge in [-0.3, -0.25) is 0 Å². The van der Waals surface area contributed by atoms with Gasteiger partial charge in [0.15, 0.2) is 0 Å². The maximum atomic E-state index is 9.60. The van der Waals surface area contributed by atoms with E-state index in [0.717, 1.165) is 0 Å². The topological polar surface area (TPSA) is 115 Å². The fourth-order valence-corrected chi connectivity index (χ4v) is 3.51. The lowest BCUT2D eigenvalue weighted by molar-refractivity contribution is -0.133. The monoisotopic (exact) mass is 558 g/mol. The van der Waals surface area contributed by atoms with Crippen molar-refractivity contribution < 1.29 is 30.0 Å². The van der Waals surface area contributed by atoms with Crippen LogP contribution in [0.2, 0.25) is 0 Å². The van der Waals surface area contributed by atoms with E-state index in [0.29, 0.717) is 0 Å². The quantitative estimate of drug-likeness (QED) is 0.0733. The molecule has 0 saturated carbocycles. The van der Waals surface area contributed by atoms with E-state index in [1.165, 1.54) is 149 Å². The van der Waals surface area contributed by atoms with Crippen molar-refractivity contribution >= 4 is 11.9 Å². The molecule has 0 aliphatic heterocycles. The minimum Gasteiger partial charge on any atom is -0.478 e. The van der Waals surface area contributed by atoms with Crippen molar-refractivity contribution in [3.05, 3.63) is 24.3 Å². The Labute approximate surface area is 242 Å². The lowest BCUT2D eigenvalue weighted by atomic mass is 10.0. The first-order valence-electron chi connectivity index (χ1n) is 15.6. The van der Waals surface area contributed by atoms with Crippen molar-refractivity contribution in [1.29, 1.82) is 0 Å². The summed E-state index contributed by atoms with van der Waals surface area (Å²) in [7, 11) is 0. The lowest BCUT2D eigenvalue weighted by Crippen LogP contribution is -1.92. The van der Waals surface area contributed by atoms with Gasteiger partial charge in [0.25, 0.3) is 0 Å². The summed E-state index contributed by atoms with van der Waals surface area (Å²) in [6.07, 6.45) is 30.9. The molecule has 0 aliphatic rings. The summed E-state index contributed by atoms with van der Waals surface area (Å²) in [5, 5.41) is 31.0. The highest BCUT2D eigenvalue weighted by atomic mass is 16.4. The molecule has 0 aliphatic carbocycles. The Morgan fingerprint density at radius 1 is 0.436 bits per heavy atom. The molecule has 0 rings (SSSR count). The van der Waals surface area contributed by atoms with Gasteiger partial charge in [0.05, 0.1) is 13.2 Å². The molecule has 0 aromatic carbocycles. The van der Waals surface area contributed by atoms with Gasteiger partial charge in [-0.2, -0.15) is 0 Å². The third kappa shape index (κ3) is 57.3. The Morgan fingerprint density at radius 3 is 0.641 bits per heavy atom. The molecule has 0 atom stereocenters. The zero-order valence-corrected chi connectivity index (χ0v) is 26.3. The molecule has 6 nitrogen and oxygen atoms in total. The van der Waals surface area contributed by atoms with Gasteiger partial charge in [0.2, 0.25) is 0 Å². The fourth-order valence-electron chi connectivity index (χ4n) is 3.51. The highest BCUT2D eigenvalue weighted by Crippen LogP contribution is 2.14. The Hall–Kier alpha value is -1.66. The van der Waals surface area contributed by atoms with Crippen LogP contribution in [0.5, 0.6) is 0 Å². The molecular formula is C33H66O6. The Morgan fingerprint density at radius 2 is 0.564 bits per heavy atom. The van der Waals surface area contributed by atoms with Crippen molar-refractivity contribution in [3.63, 3.8) is 0 Å². The molecule has 0 aromatic heterocycles. The van der Waals surface area contributed by atoms with Crippen LogP contribution in [0.3, 0.4) is 0 Å². The average molecular weight is 559 g/mol. The first-order chi connectivity index (χ1) is 18.6. The first-order valence-corrected chi connectivity index (χ1v) is 15.6. The van der Waals surface area contributed by atoms with Crippen molar-refractivity contribution in [3.8, 4) is 0 Å². The Balaban J connectivity index is -0.000000309. The van der Waals surface area contributed by atoms with Crippen LogP contribution in [0.1, 0.15) is 163 Å². The van der Waals surface area contributed by atoms with Gasteiger partial charge in [-0.1, -0.05) is 162 Å². The van der Waals surface area contributed by atoms with E-state index in [1.807, 2.05) is 0 Å². The van der Waals surface area contributed by atoms with Crippen molar-refractivity contribution in [2.45, 2.75) is 163 Å². The molecule has 234 valence electrons. The van der Waals surface area contributed by atoms with Crippen LogP contribution >= 0.6 is 0 Å². The van der Waals surface area contributed by atoms with Crippen LogP contribution in [0.4, 0.5) is 0 Å². The van der Waals surface area contributed by atoms with E-state index in [9.17, 15) is 9.59 Å². The number of unbranched alkanes of at least 4 members (excludes halogenated alkanes) is 20. The second-order valence-corrected chi connectivity index (χ2v) is 10.3. The SMILES string of the molecule is C=C(C)C(=O)O.C=C(C)C(=O)O.CCCCCCCCCCCCCCCCCCCCCCC.OCCO. The molecule has 0 fully saturated rings. The maximum absolute atomic E-state index is 9.60. The van der Waals surface area contributed by atoms with Gasteiger partial charge in [-0.05, 0) is 13.8 Å². The van der Waals surface area contributed by atoms with Crippen LogP contribution in [0, 0.1) is 0 Å². The second kappa shape index (κ2) is 40.8.